The summed E-state index contributed by atoms with van der Waals surface area (Å²) in [4.78, 5) is 0. The lowest BCUT2D eigenvalue weighted by Gasteiger charge is -2.32. The van der Waals surface area contributed by atoms with E-state index in [9.17, 15) is 0 Å². The van der Waals surface area contributed by atoms with Crippen LogP contribution in [0.5, 0.6) is 0 Å². The van der Waals surface area contributed by atoms with Crippen LogP contribution in [0.4, 0.5) is 0 Å². The van der Waals surface area contributed by atoms with Gasteiger partial charge in [0.1, 0.15) is 8.07 Å². The Morgan fingerprint density at radius 2 is 1.62 bits per heavy atom. The Bertz CT molecular complexity index is 680. The van der Waals surface area contributed by atoms with Crippen molar-refractivity contribution in [1.82, 2.24) is 0 Å². The molecular weight excluding hydrogens is 331 g/mol. The van der Waals surface area contributed by atoms with E-state index in [4.69, 9.17) is 9.31 Å². The van der Waals surface area contributed by atoms with Crippen LogP contribution in [0.15, 0.2) is 12.1 Å². The Hall–Kier alpha value is -0.668. The molecule has 5 heteroatoms. The zero-order valence-corrected chi connectivity index (χ0v) is 18.1. The van der Waals surface area contributed by atoms with Crippen LogP contribution in [0, 0.1) is 18.4 Å². The van der Waals surface area contributed by atoms with E-state index < -0.39 is 8.07 Å². The number of hydrogen-bond acceptors (Lipinski definition) is 3. The van der Waals surface area contributed by atoms with Gasteiger partial charge in [0.15, 0.2) is 0 Å². The molecule has 1 heterocycles. The Labute approximate surface area is 154 Å². The summed E-state index contributed by atoms with van der Waals surface area (Å²) in [5.74, 6) is 4.04. The van der Waals surface area contributed by atoms with Crippen LogP contribution in [0.3, 0.4) is 0 Å². The van der Waals surface area contributed by atoms with Gasteiger partial charge < -0.3 is 9.31 Å². The molecule has 130 valence electrons. The van der Waals surface area contributed by atoms with Gasteiger partial charge in [-0.15, -0.1) is 5.54 Å². The fourth-order valence-corrected chi connectivity index (χ4v) is 3.36. The molecule has 0 aliphatic carbocycles. The van der Waals surface area contributed by atoms with Crippen molar-refractivity contribution < 1.29 is 9.31 Å². The van der Waals surface area contributed by atoms with Gasteiger partial charge in [0.2, 0.25) is 0 Å². The smallest absolute Gasteiger partial charge is 0.399 e. The second kappa shape index (κ2) is 6.57. The van der Waals surface area contributed by atoms with Crippen molar-refractivity contribution >= 4 is 33.3 Å². The lowest BCUT2D eigenvalue weighted by Crippen LogP contribution is -2.41. The largest absolute Gasteiger partial charge is 0.495 e. The van der Waals surface area contributed by atoms with Crippen molar-refractivity contribution in [1.29, 1.82) is 0 Å². The van der Waals surface area contributed by atoms with E-state index in [0.717, 1.165) is 11.0 Å². The number of thiol groups is 1. The SMILES string of the molecule is Cc1c(CS)cc(C#C[Si](C)(C)C)cc1B1OC(C)(C)C(C)(C)O1. The maximum absolute atomic E-state index is 6.24. The molecule has 1 aromatic rings. The third kappa shape index (κ3) is 4.11. The number of rotatable bonds is 2. The van der Waals surface area contributed by atoms with Crippen LogP contribution >= 0.6 is 12.6 Å². The topological polar surface area (TPSA) is 18.5 Å². The van der Waals surface area contributed by atoms with Crippen molar-refractivity contribution in [3.63, 3.8) is 0 Å². The molecule has 1 saturated heterocycles. The summed E-state index contributed by atoms with van der Waals surface area (Å²) in [7, 11) is -1.78. The standard InChI is InChI=1S/C19H29BO2SSi/c1-14-16(13-23)11-15(9-10-24(6,7)8)12-17(14)20-21-18(2,3)19(4,5)22-20/h11-12,23H,13H2,1-8H3. The highest BCUT2D eigenvalue weighted by molar-refractivity contribution is 7.79. The number of benzene rings is 1. The molecule has 1 aromatic carbocycles. The highest BCUT2D eigenvalue weighted by Gasteiger charge is 2.52. The van der Waals surface area contributed by atoms with Gasteiger partial charge in [-0.3, -0.25) is 0 Å². The molecule has 0 aromatic heterocycles. The Morgan fingerprint density at radius 1 is 1.08 bits per heavy atom. The van der Waals surface area contributed by atoms with E-state index in [0.29, 0.717) is 5.75 Å². The predicted octanol–water partition coefficient (Wildman–Crippen LogP) is 3.95. The molecule has 1 fully saturated rings. The first-order valence-electron chi connectivity index (χ1n) is 8.49. The summed E-state index contributed by atoms with van der Waals surface area (Å²) < 4.78 is 12.5. The second-order valence-electron chi connectivity index (χ2n) is 8.60. The highest BCUT2D eigenvalue weighted by Crippen LogP contribution is 2.36. The summed E-state index contributed by atoms with van der Waals surface area (Å²) in [5.41, 5.74) is 7.22. The maximum Gasteiger partial charge on any atom is 0.495 e. The van der Waals surface area contributed by atoms with E-state index >= 15 is 0 Å². The zero-order valence-electron chi connectivity index (χ0n) is 16.2. The van der Waals surface area contributed by atoms with Gasteiger partial charge in [-0.1, -0.05) is 25.6 Å². The number of hydrogen-bond donors (Lipinski definition) is 1. The average Bonchev–Trinajstić information content (AvgIpc) is 2.65. The summed E-state index contributed by atoms with van der Waals surface area (Å²) in [6.07, 6.45) is 0. The summed E-state index contributed by atoms with van der Waals surface area (Å²) in [6.45, 7) is 17.2. The first-order valence-corrected chi connectivity index (χ1v) is 12.6. The first kappa shape index (κ1) is 19.7. The van der Waals surface area contributed by atoms with E-state index in [1.165, 1.54) is 11.1 Å². The van der Waals surface area contributed by atoms with Gasteiger partial charge in [0.25, 0.3) is 0 Å². The summed E-state index contributed by atoms with van der Waals surface area (Å²) in [6, 6.07) is 4.27. The summed E-state index contributed by atoms with van der Waals surface area (Å²) >= 11 is 4.49. The molecule has 0 spiro atoms. The lowest BCUT2D eigenvalue weighted by atomic mass is 9.74. The Balaban J connectivity index is 2.48. The van der Waals surface area contributed by atoms with Crippen LogP contribution < -0.4 is 5.46 Å². The Kier molecular flexibility index (Phi) is 5.38. The quantitative estimate of drug-likeness (QED) is 0.489. The monoisotopic (exact) mass is 360 g/mol. The van der Waals surface area contributed by atoms with Gasteiger partial charge in [-0.05, 0) is 63.3 Å². The molecule has 0 atom stereocenters. The van der Waals surface area contributed by atoms with Crippen molar-refractivity contribution in [3.05, 3.63) is 28.8 Å². The normalized spacial score (nSPS) is 19.1. The van der Waals surface area contributed by atoms with E-state index in [-0.39, 0.29) is 18.3 Å². The molecule has 0 bridgehead atoms. The van der Waals surface area contributed by atoms with E-state index in [1.807, 2.05) is 0 Å². The van der Waals surface area contributed by atoms with Gasteiger partial charge >= 0.3 is 7.12 Å². The van der Waals surface area contributed by atoms with E-state index in [2.05, 4.69) is 90.5 Å². The molecule has 1 aliphatic rings. The molecule has 2 rings (SSSR count). The van der Waals surface area contributed by atoms with Crippen LogP contribution in [0.1, 0.15) is 44.4 Å². The lowest BCUT2D eigenvalue weighted by molar-refractivity contribution is 0.00578. The van der Waals surface area contributed by atoms with Crippen LogP contribution in [-0.2, 0) is 15.1 Å². The molecule has 0 radical (unpaired) electrons. The third-order valence-corrected chi connectivity index (χ3v) is 6.03. The molecule has 0 N–H and O–H groups in total. The van der Waals surface area contributed by atoms with Crippen LogP contribution in [0.2, 0.25) is 19.6 Å². The first-order chi connectivity index (χ1) is 10.9. The molecule has 0 amide bonds. The van der Waals surface area contributed by atoms with E-state index in [1.54, 1.807) is 0 Å². The highest BCUT2D eigenvalue weighted by atomic mass is 32.1. The predicted molar refractivity (Wildman–Crippen MR) is 110 cm³/mol. The third-order valence-electron chi connectivity index (χ3n) is 4.81. The van der Waals surface area contributed by atoms with Crippen molar-refractivity contribution in [2.24, 2.45) is 0 Å². The van der Waals surface area contributed by atoms with Gasteiger partial charge in [0.05, 0.1) is 11.2 Å². The fourth-order valence-electron chi connectivity index (χ4n) is 2.51. The van der Waals surface area contributed by atoms with Crippen molar-refractivity contribution in [2.75, 3.05) is 0 Å². The van der Waals surface area contributed by atoms with Crippen LogP contribution in [0.25, 0.3) is 0 Å². The zero-order chi connectivity index (χ0) is 18.3. The van der Waals surface area contributed by atoms with Gasteiger partial charge in [0, 0.05) is 11.3 Å². The minimum absolute atomic E-state index is 0.342. The van der Waals surface area contributed by atoms with Crippen molar-refractivity contribution in [2.45, 2.75) is 71.2 Å². The molecule has 0 saturated carbocycles. The average molecular weight is 360 g/mol. The molecule has 0 unspecified atom stereocenters. The van der Waals surface area contributed by atoms with Gasteiger partial charge in [-0.25, -0.2) is 0 Å². The molecular formula is C19H29BO2SSi. The minimum Gasteiger partial charge on any atom is -0.399 e. The van der Waals surface area contributed by atoms with Crippen LogP contribution in [-0.4, -0.2) is 26.4 Å². The second-order valence-corrected chi connectivity index (χ2v) is 13.7. The molecule has 24 heavy (non-hydrogen) atoms. The van der Waals surface area contributed by atoms with Gasteiger partial charge in [-0.2, -0.15) is 12.6 Å². The fraction of sp³-hybridized carbons (Fsp3) is 0.579. The molecule has 1 aliphatic heterocycles. The minimum atomic E-state index is -1.42. The van der Waals surface area contributed by atoms with Crippen molar-refractivity contribution in [3.8, 4) is 11.5 Å². The molecule has 2 nitrogen and oxygen atoms in total. The summed E-state index contributed by atoms with van der Waals surface area (Å²) in [5, 5.41) is 0. The Morgan fingerprint density at radius 3 is 2.08 bits per heavy atom. The maximum atomic E-state index is 6.24.